The first-order chi connectivity index (χ1) is 18.3. The van der Waals surface area contributed by atoms with Gasteiger partial charge in [0.1, 0.15) is 0 Å². The molecule has 38 heavy (non-hydrogen) atoms. The normalized spacial score (nSPS) is 13.0. The summed E-state index contributed by atoms with van der Waals surface area (Å²) in [6.45, 7) is 10.7. The maximum absolute atomic E-state index is 13.3. The van der Waals surface area contributed by atoms with Gasteiger partial charge in [-0.2, -0.15) is 5.01 Å². The second-order valence-electron chi connectivity index (χ2n) is 8.58. The summed E-state index contributed by atoms with van der Waals surface area (Å²) in [4.78, 5) is 45.3. The van der Waals surface area contributed by atoms with E-state index in [-0.39, 0.29) is 39.0 Å². The lowest BCUT2D eigenvalue weighted by Crippen LogP contribution is -2.38. The summed E-state index contributed by atoms with van der Waals surface area (Å²) in [7, 11) is 0. The molecule has 0 bridgehead atoms. The Kier molecular flexibility index (Phi) is 6.07. The van der Waals surface area contributed by atoms with E-state index in [1.807, 2.05) is 6.07 Å². The smallest absolute Gasteiger partial charge is 0.282 e. The Balaban J connectivity index is 1.61. The standard InChI is InChI=1S/C29H21N5O4/c1-17-21(26(35)31-25-23(17)28(37)34(32-25)20-13-8-5-9-14-20)15-10-16-22-18(2)24(30-3)29(38)33(27(22)36)19-11-6-4-7-12-19/h4-16,38H,1-2H3,(H,31,32,35)/p-1/b16-10?,21-15+. The van der Waals surface area contributed by atoms with Crippen LogP contribution in [0, 0.1) is 20.4 Å². The molecular formula is C29H20N5O4-. The SMILES string of the molecule is [C-]#[N+]c1c(C)c(C=C/C=c2\c(C)c3c([nH]c2=O)=NN(c2ccccc2)C3=O)c(=O)n(-c2ccccc2)c1[O-]. The Morgan fingerprint density at radius 3 is 2.21 bits per heavy atom. The zero-order valence-corrected chi connectivity index (χ0v) is 20.4. The van der Waals surface area contributed by atoms with Gasteiger partial charge in [-0.05, 0) is 61.2 Å². The van der Waals surface area contributed by atoms with Gasteiger partial charge in [0.15, 0.2) is 11.2 Å². The average molecular weight is 503 g/mol. The fraction of sp³-hybridized carbons (Fsp3) is 0.0690. The van der Waals surface area contributed by atoms with Crippen molar-refractivity contribution >= 4 is 29.4 Å². The maximum Gasteiger partial charge on any atom is 0.282 e. The van der Waals surface area contributed by atoms with Gasteiger partial charge in [0.2, 0.25) is 0 Å². The van der Waals surface area contributed by atoms with Crippen LogP contribution in [0.3, 0.4) is 0 Å². The summed E-state index contributed by atoms with van der Waals surface area (Å²) >= 11 is 0. The first-order valence-electron chi connectivity index (χ1n) is 11.6. The van der Waals surface area contributed by atoms with E-state index in [0.29, 0.717) is 16.9 Å². The number of nitrogens with one attached hydrogen (secondary N) is 1. The molecular weight excluding hydrogens is 482 g/mol. The Morgan fingerprint density at radius 2 is 1.58 bits per heavy atom. The summed E-state index contributed by atoms with van der Waals surface area (Å²) < 4.78 is 0.964. The molecule has 0 saturated heterocycles. The van der Waals surface area contributed by atoms with Crippen LogP contribution in [0.25, 0.3) is 22.7 Å². The summed E-state index contributed by atoms with van der Waals surface area (Å²) in [5.41, 5.74) is 1.02. The van der Waals surface area contributed by atoms with Crippen LogP contribution in [-0.4, -0.2) is 15.5 Å². The summed E-state index contributed by atoms with van der Waals surface area (Å²) in [6.07, 6.45) is 4.44. The van der Waals surface area contributed by atoms with Crippen molar-refractivity contribution < 1.29 is 9.90 Å². The van der Waals surface area contributed by atoms with Crippen LogP contribution in [-0.2, 0) is 0 Å². The molecule has 186 valence electrons. The Labute approximate surface area is 216 Å². The van der Waals surface area contributed by atoms with Crippen LogP contribution in [0.1, 0.15) is 27.0 Å². The van der Waals surface area contributed by atoms with Crippen LogP contribution in [0.4, 0.5) is 11.4 Å². The van der Waals surface area contributed by atoms with Gasteiger partial charge >= 0.3 is 0 Å². The lowest BCUT2D eigenvalue weighted by molar-refractivity contribution is -0.276. The highest BCUT2D eigenvalue weighted by Gasteiger charge is 2.28. The second kappa shape index (κ2) is 9.52. The van der Waals surface area contributed by atoms with Gasteiger partial charge < -0.3 is 14.7 Å². The van der Waals surface area contributed by atoms with E-state index < -0.39 is 17.0 Å². The molecule has 1 aliphatic heterocycles. The molecule has 2 aromatic carbocycles. The zero-order valence-electron chi connectivity index (χ0n) is 20.4. The van der Waals surface area contributed by atoms with Crippen LogP contribution >= 0.6 is 0 Å². The lowest BCUT2D eigenvalue weighted by atomic mass is 10.1. The van der Waals surface area contributed by atoms with Crippen molar-refractivity contribution in [3.63, 3.8) is 0 Å². The number of anilines is 1. The van der Waals surface area contributed by atoms with Gasteiger partial charge in [0, 0.05) is 16.5 Å². The van der Waals surface area contributed by atoms with Crippen LogP contribution < -0.4 is 31.9 Å². The molecule has 9 nitrogen and oxygen atoms in total. The molecule has 3 heterocycles. The molecule has 0 spiro atoms. The minimum Gasteiger partial charge on any atom is -0.868 e. The number of para-hydroxylation sites is 2. The van der Waals surface area contributed by atoms with Crippen LogP contribution in [0.2, 0.25) is 0 Å². The summed E-state index contributed by atoms with van der Waals surface area (Å²) in [5.74, 6) is -1.06. The summed E-state index contributed by atoms with van der Waals surface area (Å²) in [6, 6.07) is 17.2. The minimum absolute atomic E-state index is 0.146. The Hall–Kier alpha value is -5.49. The molecule has 9 heteroatoms. The number of aromatic nitrogens is 2. The minimum atomic E-state index is -0.689. The number of pyridine rings is 2. The third-order valence-corrected chi connectivity index (χ3v) is 6.35. The van der Waals surface area contributed by atoms with E-state index in [9.17, 15) is 19.5 Å². The highest BCUT2D eigenvalue weighted by atomic mass is 16.3. The first-order valence-corrected chi connectivity index (χ1v) is 11.6. The molecule has 0 aliphatic carbocycles. The maximum atomic E-state index is 13.3. The number of allylic oxidation sites excluding steroid dienone is 1. The third kappa shape index (κ3) is 3.90. The number of fused-ring (bicyclic) bond motifs is 1. The van der Waals surface area contributed by atoms with E-state index >= 15 is 0 Å². The number of rotatable bonds is 4. The summed E-state index contributed by atoms with van der Waals surface area (Å²) in [5, 5.41) is 18.6. The number of carbonyl (C=O) groups excluding carboxylic acids is 1. The van der Waals surface area contributed by atoms with Crippen molar-refractivity contribution in [1.82, 2.24) is 9.55 Å². The van der Waals surface area contributed by atoms with Gasteiger partial charge in [-0.15, -0.1) is 5.10 Å². The van der Waals surface area contributed by atoms with Crippen LogP contribution in [0.5, 0.6) is 5.88 Å². The number of hydrogen-bond acceptors (Lipinski definition) is 5. The molecule has 0 atom stereocenters. The third-order valence-electron chi connectivity index (χ3n) is 6.35. The van der Waals surface area contributed by atoms with Crippen molar-refractivity contribution in [2.45, 2.75) is 13.8 Å². The number of H-pyrrole nitrogens is 1. The van der Waals surface area contributed by atoms with Crippen LogP contribution in [0.15, 0.2) is 81.4 Å². The monoisotopic (exact) mass is 502 g/mol. The van der Waals surface area contributed by atoms with Gasteiger partial charge in [-0.25, -0.2) is 4.85 Å². The van der Waals surface area contributed by atoms with E-state index in [4.69, 9.17) is 6.57 Å². The molecule has 5 rings (SSSR count). The van der Waals surface area contributed by atoms with Gasteiger partial charge in [-0.3, -0.25) is 14.4 Å². The average Bonchev–Trinajstić information content (AvgIpc) is 3.25. The quantitative estimate of drug-likeness (QED) is 0.432. The molecule has 0 radical (unpaired) electrons. The van der Waals surface area contributed by atoms with Gasteiger partial charge in [0.05, 0.1) is 17.8 Å². The predicted octanol–water partition coefficient (Wildman–Crippen LogP) is 2.46. The highest BCUT2D eigenvalue weighted by Crippen LogP contribution is 2.31. The van der Waals surface area contributed by atoms with Crippen molar-refractivity contribution in [2.75, 3.05) is 5.01 Å². The molecule has 1 aliphatic rings. The topological polar surface area (TPSA) is 115 Å². The molecule has 0 unspecified atom stereocenters. The van der Waals surface area contributed by atoms with Crippen molar-refractivity contribution in [1.29, 1.82) is 0 Å². The number of nitrogens with zero attached hydrogens (tertiary/aromatic N) is 4. The molecule has 4 aromatic rings. The van der Waals surface area contributed by atoms with Crippen molar-refractivity contribution in [3.05, 3.63) is 132 Å². The fourth-order valence-corrected chi connectivity index (χ4v) is 4.40. The number of benzene rings is 2. The molecule has 0 saturated carbocycles. The molecule has 0 fully saturated rings. The van der Waals surface area contributed by atoms with E-state index in [1.165, 1.54) is 30.2 Å². The highest BCUT2D eigenvalue weighted by molar-refractivity contribution is 6.07. The number of aromatic amines is 1. The second-order valence-corrected chi connectivity index (χ2v) is 8.58. The van der Waals surface area contributed by atoms with Gasteiger partial charge in [0.25, 0.3) is 17.0 Å². The molecule has 1 amide bonds. The predicted molar refractivity (Wildman–Crippen MR) is 142 cm³/mol. The number of carbonyl (C=O) groups is 1. The largest absolute Gasteiger partial charge is 0.868 e. The van der Waals surface area contributed by atoms with E-state index in [1.54, 1.807) is 61.5 Å². The molecule has 2 aromatic heterocycles. The van der Waals surface area contributed by atoms with Crippen molar-refractivity contribution in [3.8, 4) is 11.6 Å². The fourth-order valence-electron chi connectivity index (χ4n) is 4.40. The zero-order chi connectivity index (χ0) is 27.0. The first kappa shape index (κ1) is 24.2. The van der Waals surface area contributed by atoms with Crippen molar-refractivity contribution in [2.24, 2.45) is 5.10 Å². The van der Waals surface area contributed by atoms with E-state index in [2.05, 4.69) is 14.9 Å². The van der Waals surface area contributed by atoms with Gasteiger partial charge in [-0.1, -0.05) is 48.6 Å². The lowest BCUT2D eigenvalue weighted by Gasteiger charge is -2.21. The number of hydrogen-bond donors (Lipinski definition) is 1. The Bertz CT molecular complexity index is 1920. The molecule has 1 N–H and O–H groups in total. The van der Waals surface area contributed by atoms with E-state index in [0.717, 1.165) is 4.57 Å². The Morgan fingerprint density at radius 1 is 0.947 bits per heavy atom. The number of amides is 1.